The van der Waals surface area contributed by atoms with E-state index in [0.717, 1.165) is 0 Å². The molecule has 0 radical (unpaired) electrons. The van der Waals surface area contributed by atoms with Crippen molar-refractivity contribution in [2.75, 3.05) is 0 Å². The van der Waals surface area contributed by atoms with Gasteiger partial charge in [0.05, 0.1) is 0 Å². The second kappa shape index (κ2) is 6.82. The summed E-state index contributed by atoms with van der Waals surface area (Å²) in [6.45, 7) is 9.60. The minimum Gasteiger partial charge on any atom is -0.0764 e. The molecule has 6 rings (SSSR count). The molecule has 3 aliphatic carbocycles. The minimum atomic E-state index is 0.0246. The summed E-state index contributed by atoms with van der Waals surface area (Å²) in [6.07, 6.45) is 11.9. The van der Waals surface area contributed by atoms with Crippen molar-refractivity contribution in [1.29, 1.82) is 0 Å². The van der Waals surface area contributed by atoms with Crippen LogP contribution in [0.1, 0.15) is 96.9 Å². The molecule has 0 nitrogen and oxygen atoms in total. The number of rotatable bonds is 3. The van der Waals surface area contributed by atoms with Crippen LogP contribution in [0.5, 0.6) is 0 Å². The molecule has 0 aromatic heterocycles. The molecule has 3 aromatic rings. The van der Waals surface area contributed by atoms with Crippen LogP contribution in [0.2, 0.25) is 0 Å². The Morgan fingerprint density at radius 1 is 0.562 bits per heavy atom. The Hall–Kier alpha value is -2.86. The zero-order chi connectivity index (χ0) is 22.1. The first kappa shape index (κ1) is 19.8. The van der Waals surface area contributed by atoms with Gasteiger partial charge in [0, 0.05) is 22.7 Å². The number of fused-ring (bicyclic) bond motifs is 4. The van der Waals surface area contributed by atoms with E-state index in [-0.39, 0.29) is 10.8 Å². The van der Waals surface area contributed by atoms with Crippen molar-refractivity contribution in [3.05, 3.63) is 117 Å². The van der Waals surface area contributed by atoms with Crippen molar-refractivity contribution in [1.82, 2.24) is 0 Å². The number of allylic oxidation sites excluding steroid dienone is 2. The van der Waals surface area contributed by atoms with Crippen molar-refractivity contribution in [2.45, 2.75) is 63.2 Å². The van der Waals surface area contributed by atoms with Gasteiger partial charge in [0.2, 0.25) is 0 Å². The average molecular weight is 417 g/mol. The molecule has 0 spiro atoms. The molecule has 0 fully saturated rings. The van der Waals surface area contributed by atoms with E-state index in [1.807, 2.05) is 0 Å². The molecule has 0 saturated heterocycles. The Balaban J connectivity index is 1.34. The van der Waals surface area contributed by atoms with Crippen LogP contribution in [0.15, 0.2) is 72.8 Å². The SMILES string of the molecule is CC1(C)c2ccccc2C(C)(C)c2cc3c(cc21)C=CC3CCC1C=Cc2ccccc21. The van der Waals surface area contributed by atoms with Gasteiger partial charge in [-0.15, -0.1) is 0 Å². The Morgan fingerprint density at radius 2 is 1.09 bits per heavy atom. The molecule has 0 heteroatoms. The fourth-order valence-corrected chi connectivity index (χ4v) is 6.51. The predicted octanol–water partition coefficient (Wildman–Crippen LogP) is 8.35. The van der Waals surface area contributed by atoms with Crippen molar-refractivity contribution in [3.63, 3.8) is 0 Å². The van der Waals surface area contributed by atoms with Gasteiger partial charge in [-0.2, -0.15) is 0 Å². The summed E-state index contributed by atoms with van der Waals surface area (Å²) in [5, 5.41) is 0. The number of benzene rings is 3. The lowest BCUT2D eigenvalue weighted by molar-refractivity contribution is 0.519. The predicted molar refractivity (Wildman–Crippen MR) is 136 cm³/mol. The normalized spacial score (nSPS) is 22.9. The van der Waals surface area contributed by atoms with E-state index in [1.54, 1.807) is 0 Å². The lowest BCUT2D eigenvalue weighted by Gasteiger charge is -2.44. The Kier molecular flexibility index (Phi) is 4.22. The first-order chi connectivity index (χ1) is 15.4. The van der Waals surface area contributed by atoms with E-state index in [2.05, 4.69) is 113 Å². The fourth-order valence-electron chi connectivity index (χ4n) is 6.51. The second-order valence-corrected chi connectivity index (χ2v) is 11.0. The Morgan fingerprint density at radius 3 is 1.78 bits per heavy atom. The molecular formula is C32H32. The van der Waals surface area contributed by atoms with Crippen LogP contribution in [0.4, 0.5) is 0 Å². The van der Waals surface area contributed by atoms with Gasteiger partial charge in [0.1, 0.15) is 0 Å². The highest BCUT2D eigenvalue weighted by atomic mass is 14.5. The van der Waals surface area contributed by atoms with Crippen LogP contribution in [0.3, 0.4) is 0 Å². The smallest absolute Gasteiger partial charge is 0.0152 e. The Bertz CT molecular complexity index is 1280. The van der Waals surface area contributed by atoms with Gasteiger partial charge in [-0.05, 0) is 57.3 Å². The largest absolute Gasteiger partial charge is 0.0764 e. The third-order valence-electron chi connectivity index (χ3n) is 8.44. The summed E-state index contributed by atoms with van der Waals surface area (Å²) in [4.78, 5) is 0. The molecule has 0 heterocycles. The molecule has 0 aliphatic heterocycles. The van der Waals surface area contributed by atoms with Crippen LogP contribution < -0.4 is 0 Å². The van der Waals surface area contributed by atoms with Crippen LogP contribution >= 0.6 is 0 Å². The third-order valence-corrected chi connectivity index (χ3v) is 8.44. The maximum atomic E-state index is 2.56. The van der Waals surface area contributed by atoms with E-state index in [0.29, 0.717) is 11.8 Å². The molecule has 0 saturated carbocycles. The summed E-state index contributed by atoms with van der Waals surface area (Å²) >= 11 is 0. The monoisotopic (exact) mass is 416 g/mol. The summed E-state index contributed by atoms with van der Waals surface area (Å²) < 4.78 is 0. The number of hydrogen-bond acceptors (Lipinski definition) is 0. The lowest BCUT2D eigenvalue weighted by atomic mass is 9.59. The van der Waals surface area contributed by atoms with Crippen LogP contribution in [0, 0.1) is 0 Å². The summed E-state index contributed by atoms with van der Waals surface area (Å²) in [5.74, 6) is 1.08. The van der Waals surface area contributed by atoms with Gasteiger partial charge >= 0.3 is 0 Å². The van der Waals surface area contributed by atoms with E-state index in [9.17, 15) is 0 Å². The quantitative estimate of drug-likeness (QED) is 0.402. The van der Waals surface area contributed by atoms with Crippen molar-refractivity contribution < 1.29 is 0 Å². The van der Waals surface area contributed by atoms with Crippen molar-refractivity contribution in [2.24, 2.45) is 0 Å². The van der Waals surface area contributed by atoms with Crippen LogP contribution in [-0.2, 0) is 10.8 Å². The van der Waals surface area contributed by atoms with Crippen molar-refractivity contribution in [3.8, 4) is 0 Å². The van der Waals surface area contributed by atoms with Gasteiger partial charge in [-0.25, -0.2) is 0 Å². The molecule has 0 N–H and O–H groups in total. The molecule has 3 aliphatic rings. The molecule has 0 amide bonds. The molecule has 2 unspecified atom stereocenters. The van der Waals surface area contributed by atoms with E-state index < -0.39 is 0 Å². The highest BCUT2D eigenvalue weighted by Gasteiger charge is 2.42. The van der Waals surface area contributed by atoms with E-state index in [1.165, 1.54) is 57.3 Å². The highest BCUT2D eigenvalue weighted by molar-refractivity contribution is 5.69. The second-order valence-electron chi connectivity index (χ2n) is 11.0. The first-order valence-electron chi connectivity index (χ1n) is 12.1. The maximum absolute atomic E-state index is 2.56. The molecule has 2 atom stereocenters. The lowest BCUT2D eigenvalue weighted by Crippen LogP contribution is -2.36. The van der Waals surface area contributed by atoms with Gasteiger partial charge in [-0.1, -0.05) is 113 Å². The standard InChI is InChI=1S/C32H32/c1-31(2)27-11-7-8-12-28(27)32(3,4)30-20-26-23(17-18-24(26)19-29(30)31)16-15-22-14-13-21-9-5-6-10-25(21)22/h5-14,17-20,22-23H,15-16H2,1-4H3. The van der Waals surface area contributed by atoms with E-state index >= 15 is 0 Å². The zero-order valence-electron chi connectivity index (χ0n) is 19.7. The van der Waals surface area contributed by atoms with E-state index in [4.69, 9.17) is 0 Å². The van der Waals surface area contributed by atoms with Crippen LogP contribution in [-0.4, -0.2) is 0 Å². The Labute approximate surface area is 192 Å². The maximum Gasteiger partial charge on any atom is 0.0152 e. The highest BCUT2D eigenvalue weighted by Crippen LogP contribution is 2.52. The summed E-state index contributed by atoms with van der Waals surface area (Å²) in [6, 6.07) is 23.0. The molecular weight excluding hydrogens is 384 g/mol. The molecule has 3 aromatic carbocycles. The van der Waals surface area contributed by atoms with Gasteiger partial charge in [0.25, 0.3) is 0 Å². The molecule has 160 valence electrons. The van der Waals surface area contributed by atoms with Gasteiger partial charge < -0.3 is 0 Å². The van der Waals surface area contributed by atoms with Crippen LogP contribution in [0.25, 0.3) is 12.2 Å². The minimum absolute atomic E-state index is 0.0246. The fraction of sp³-hybridized carbons (Fsp3) is 0.312. The van der Waals surface area contributed by atoms with Gasteiger partial charge in [0.15, 0.2) is 0 Å². The van der Waals surface area contributed by atoms with Crippen molar-refractivity contribution >= 4 is 12.2 Å². The first-order valence-corrected chi connectivity index (χ1v) is 12.1. The third kappa shape index (κ3) is 2.75. The topological polar surface area (TPSA) is 0 Å². The summed E-state index contributed by atoms with van der Waals surface area (Å²) in [5.41, 5.74) is 11.9. The zero-order valence-corrected chi connectivity index (χ0v) is 19.7. The molecule has 0 bridgehead atoms. The molecule has 32 heavy (non-hydrogen) atoms. The van der Waals surface area contributed by atoms with Gasteiger partial charge in [-0.3, -0.25) is 0 Å². The number of hydrogen-bond donors (Lipinski definition) is 0. The average Bonchev–Trinajstić information content (AvgIpc) is 3.39. The summed E-state index contributed by atoms with van der Waals surface area (Å²) in [7, 11) is 0.